The molecule has 33 heavy (non-hydrogen) atoms. The Morgan fingerprint density at radius 1 is 1.06 bits per heavy atom. The first-order valence-electron chi connectivity index (χ1n) is 12.6. The average Bonchev–Trinajstić information content (AvgIpc) is 3.52. The normalized spacial score (nSPS) is 28.4. The third-order valence-corrected chi connectivity index (χ3v) is 8.44. The van der Waals surface area contributed by atoms with Crippen LogP contribution in [0.15, 0.2) is 60.7 Å². The number of nitrogens with zero attached hydrogens (tertiary/aromatic N) is 1. The Balaban J connectivity index is 1.30. The van der Waals surface area contributed by atoms with Gasteiger partial charge in [0.25, 0.3) is 5.91 Å². The zero-order chi connectivity index (χ0) is 22.9. The van der Waals surface area contributed by atoms with Crippen molar-refractivity contribution in [1.82, 2.24) is 10.2 Å². The van der Waals surface area contributed by atoms with Crippen LogP contribution in [0.4, 0.5) is 0 Å². The third kappa shape index (κ3) is 4.34. The summed E-state index contributed by atoms with van der Waals surface area (Å²) in [5, 5.41) is 15.1. The van der Waals surface area contributed by atoms with Gasteiger partial charge in [-0.3, -0.25) is 9.69 Å². The number of carbonyl (C=O) groups is 1. The summed E-state index contributed by atoms with van der Waals surface area (Å²) in [6.45, 7) is 2.82. The minimum absolute atomic E-state index is 0.0779. The lowest BCUT2D eigenvalue weighted by Crippen LogP contribution is -2.58. The van der Waals surface area contributed by atoms with Gasteiger partial charge < -0.3 is 16.2 Å². The van der Waals surface area contributed by atoms with Crippen molar-refractivity contribution in [2.75, 3.05) is 13.1 Å². The van der Waals surface area contributed by atoms with E-state index in [9.17, 15) is 9.90 Å². The Morgan fingerprint density at radius 2 is 1.70 bits per heavy atom. The number of nitrogens with two attached hydrogens (primary N) is 1. The fourth-order valence-corrected chi connectivity index (χ4v) is 6.41. The van der Waals surface area contributed by atoms with Crippen molar-refractivity contribution in [3.05, 3.63) is 71.8 Å². The highest BCUT2D eigenvalue weighted by molar-refractivity contribution is 5.87. The second-order valence-corrected chi connectivity index (χ2v) is 10.6. The SMILES string of the molecule is NC(NC(=O)[C@@](O)(c1ccccc1)C1CCCCCC1)C12CC1CN(Cc1ccccc1)C2. The molecule has 2 aromatic carbocycles. The fraction of sp³-hybridized carbons (Fsp3) is 0.536. The Hall–Kier alpha value is -2.21. The number of rotatable bonds is 7. The van der Waals surface area contributed by atoms with Crippen molar-refractivity contribution in [2.45, 2.75) is 63.3 Å². The molecule has 5 nitrogen and oxygen atoms in total. The van der Waals surface area contributed by atoms with Crippen LogP contribution in [0.1, 0.15) is 56.1 Å². The number of amides is 1. The van der Waals surface area contributed by atoms with Gasteiger partial charge in [0.1, 0.15) is 0 Å². The first-order valence-corrected chi connectivity index (χ1v) is 12.6. The smallest absolute Gasteiger partial charge is 0.258 e. The largest absolute Gasteiger partial charge is 0.375 e. The quantitative estimate of drug-likeness (QED) is 0.446. The molecule has 1 heterocycles. The number of hydrogen-bond donors (Lipinski definition) is 3. The van der Waals surface area contributed by atoms with Crippen LogP contribution in [0.3, 0.4) is 0 Å². The molecular weight excluding hydrogens is 410 g/mol. The van der Waals surface area contributed by atoms with Crippen molar-refractivity contribution in [1.29, 1.82) is 0 Å². The third-order valence-electron chi connectivity index (χ3n) is 8.44. The van der Waals surface area contributed by atoms with Crippen LogP contribution in [0.2, 0.25) is 0 Å². The summed E-state index contributed by atoms with van der Waals surface area (Å²) in [4.78, 5) is 16.2. The van der Waals surface area contributed by atoms with Gasteiger partial charge in [-0.1, -0.05) is 86.3 Å². The molecule has 1 aliphatic heterocycles. The van der Waals surface area contributed by atoms with E-state index < -0.39 is 11.8 Å². The van der Waals surface area contributed by atoms with Crippen LogP contribution in [0, 0.1) is 17.3 Å². The number of hydrogen-bond acceptors (Lipinski definition) is 4. The number of fused-ring (bicyclic) bond motifs is 1. The highest BCUT2D eigenvalue weighted by Crippen LogP contribution is 2.59. The number of piperidine rings is 1. The molecule has 5 rings (SSSR count). The standard InChI is InChI=1S/C28H37N3O2/c29-25(27-17-24(27)19-31(20-27)18-21-11-5-3-6-12-21)30-26(32)28(33,23-15-9-4-10-16-23)22-13-7-1-2-8-14-22/h3-6,9-12,15-16,22,24-25,33H,1-2,7-8,13-14,17-20,29H2,(H,30,32)/t24?,25?,27?,28-/m0/s1. The maximum atomic E-state index is 13.7. The van der Waals surface area contributed by atoms with E-state index >= 15 is 0 Å². The molecular formula is C28H37N3O2. The monoisotopic (exact) mass is 447 g/mol. The first-order chi connectivity index (χ1) is 16.0. The second kappa shape index (κ2) is 9.21. The Morgan fingerprint density at radius 3 is 2.36 bits per heavy atom. The van der Waals surface area contributed by atoms with Crippen LogP contribution >= 0.6 is 0 Å². The van der Waals surface area contributed by atoms with Crippen molar-refractivity contribution in [2.24, 2.45) is 23.0 Å². The van der Waals surface area contributed by atoms with E-state index in [2.05, 4.69) is 34.5 Å². The zero-order valence-corrected chi connectivity index (χ0v) is 19.5. The van der Waals surface area contributed by atoms with Gasteiger partial charge in [-0.15, -0.1) is 0 Å². The van der Waals surface area contributed by atoms with Crippen LogP contribution in [-0.2, 0) is 16.9 Å². The lowest BCUT2D eigenvalue weighted by atomic mass is 9.76. The maximum absolute atomic E-state index is 13.7. The maximum Gasteiger partial charge on any atom is 0.258 e. The molecule has 2 aromatic rings. The highest BCUT2D eigenvalue weighted by atomic mass is 16.3. The Bertz CT molecular complexity index is 944. The second-order valence-electron chi connectivity index (χ2n) is 10.6. The van der Waals surface area contributed by atoms with E-state index in [1.54, 1.807) is 0 Å². The summed E-state index contributed by atoms with van der Waals surface area (Å²) in [7, 11) is 0. The summed E-state index contributed by atoms with van der Waals surface area (Å²) in [5.74, 6) is 0.106. The van der Waals surface area contributed by atoms with Crippen LogP contribution in [0.5, 0.6) is 0 Å². The number of likely N-dealkylation sites (tertiary alicyclic amines) is 1. The molecule has 176 valence electrons. The fourth-order valence-electron chi connectivity index (χ4n) is 6.41. The van der Waals surface area contributed by atoms with E-state index in [1.807, 2.05) is 36.4 Å². The highest BCUT2D eigenvalue weighted by Gasteiger charge is 2.63. The number of nitrogens with one attached hydrogen (secondary N) is 1. The summed E-state index contributed by atoms with van der Waals surface area (Å²) in [6.07, 6.45) is 6.79. The molecule has 0 bridgehead atoms. The molecule has 0 radical (unpaired) electrons. The molecule has 3 fully saturated rings. The topological polar surface area (TPSA) is 78.6 Å². The Kier molecular flexibility index (Phi) is 6.30. The van der Waals surface area contributed by atoms with Gasteiger partial charge in [-0.05, 0) is 36.3 Å². The van der Waals surface area contributed by atoms with Gasteiger partial charge in [-0.2, -0.15) is 0 Å². The minimum Gasteiger partial charge on any atom is -0.375 e. The minimum atomic E-state index is -1.54. The van der Waals surface area contributed by atoms with Gasteiger partial charge in [0.15, 0.2) is 5.60 Å². The van der Waals surface area contributed by atoms with Crippen molar-refractivity contribution >= 4 is 5.91 Å². The molecule has 3 unspecified atom stereocenters. The molecule has 5 heteroatoms. The van der Waals surface area contributed by atoms with Crippen LogP contribution < -0.4 is 11.1 Å². The van der Waals surface area contributed by atoms with Crippen molar-refractivity contribution in [3.63, 3.8) is 0 Å². The number of benzene rings is 2. The van der Waals surface area contributed by atoms with Gasteiger partial charge in [0, 0.05) is 31.0 Å². The van der Waals surface area contributed by atoms with E-state index in [1.165, 1.54) is 18.4 Å². The summed E-state index contributed by atoms with van der Waals surface area (Å²) in [6, 6.07) is 20.0. The van der Waals surface area contributed by atoms with E-state index in [0.29, 0.717) is 11.5 Å². The van der Waals surface area contributed by atoms with Gasteiger partial charge in [0.2, 0.25) is 0 Å². The molecule has 1 amide bonds. The van der Waals surface area contributed by atoms with Crippen molar-refractivity contribution < 1.29 is 9.90 Å². The van der Waals surface area contributed by atoms with E-state index in [0.717, 1.165) is 51.7 Å². The molecule has 1 saturated heterocycles. The average molecular weight is 448 g/mol. The van der Waals surface area contributed by atoms with Crippen LogP contribution in [0.25, 0.3) is 0 Å². The van der Waals surface area contributed by atoms with Crippen molar-refractivity contribution in [3.8, 4) is 0 Å². The molecule has 2 saturated carbocycles. The van der Waals surface area contributed by atoms with E-state index in [-0.39, 0.29) is 17.2 Å². The van der Waals surface area contributed by atoms with E-state index in [4.69, 9.17) is 5.73 Å². The lowest BCUT2D eigenvalue weighted by Gasteiger charge is -2.37. The van der Waals surface area contributed by atoms with Gasteiger partial charge in [0.05, 0.1) is 6.17 Å². The summed E-state index contributed by atoms with van der Waals surface area (Å²) >= 11 is 0. The lowest BCUT2D eigenvalue weighted by molar-refractivity contribution is -0.149. The van der Waals surface area contributed by atoms with Gasteiger partial charge >= 0.3 is 0 Å². The summed E-state index contributed by atoms with van der Waals surface area (Å²) in [5.41, 5.74) is 7.05. The predicted octanol–water partition coefficient (Wildman–Crippen LogP) is 3.77. The predicted molar refractivity (Wildman–Crippen MR) is 130 cm³/mol. The molecule has 4 N–H and O–H groups in total. The van der Waals surface area contributed by atoms with Gasteiger partial charge in [-0.25, -0.2) is 0 Å². The zero-order valence-electron chi connectivity index (χ0n) is 19.5. The number of carbonyl (C=O) groups excluding carboxylic acids is 1. The first kappa shape index (κ1) is 22.6. The molecule has 0 spiro atoms. The molecule has 4 atom stereocenters. The summed E-state index contributed by atoms with van der Waals surface area (Å²) < 4.78 is 0. The van der Waals surface area contributed by atoms with Crippen LogP contribution in [-0.4, -0.2) is 35.2 Å². The molecule has 3 aliphatic rings. The number of aliphatic hydroxyl groups is 1. The molecule has 0 aromatic heterocycles. The molecule has 2 aliphatic carbocycles. The Labute approximate surface area is 197 Å².